The minimum Gasteiger partial charge on any atom is -0.478 e. The molecular formula is C18H22N4O4S. The minimum atomic E-state index is -3.01. The van der Waals surface area contributed by atoms with E-state index in [0.717, 1.165) is 0 Å². The van der Waals surface area contributed by atoms with Crippen molar-refractivity contribution >= 4 is 33.1 Å². The number of sulfone groups is 1. The van der Waals surface area contributed by atoms with Crippen LogP contribution in [0, 0.1) is 6.92 Å². The number of aryl methyl sites for hydroxylation is 1. The molecule has 1 fully saturated rings. The summed E-state index contributed by atoms with van der Waals surface area (Å²) in [5.41, 5.74) is 0.574. The second-order valence-electron chi connectivity index (χ2n) is 6.48. The number of aromatic carboxylic acids is 1. The second kappa shape index (κ2) is 7.51. The Morgan fingerprint density at radius 1 is 1.33 bits per heavy atom. The third kappa shape index (κ3) is 4.36. The highest BCUT2D eigenvalue weighted by Gasteiger charge is 2.32. The third-order valence-electron chi connectivity index (χ3n) is 4.53. The highest BCUT2D eigenvalue weighted by Crippen LogP contribution is 2.26. The van der Waals surface area contributed by atoms with E-state index in [0.29, 0.717) is 36.1 Å². The van der Waals surface area contributed by atoms with E-state index in [4.69, 9.17) is 0 Å². The maximum Gasteiger partial charge on any atom is 0.337 e. The van der Waals surface area contributed by atoms with Gasteiger partial charge in [-0.05, 0) is 32.4 Å². The van der Waals surface area contributed by atoms with Crippen LogP contribution in [-0.4, -0.2) is 53.6 Å². The Kier molecular flexibility index (Phi) is 5.31. The van der Waals surface area contributed by atoms with Gasteiger partial charge in [0.05, 0.1) is 22.8 Å². The number of carbonyl (C=O) groups is 1. The lowest BCUT2D eigenvalue weighted by molar-refractivity contribution is 0.0698. The molecule has 1 atom stereocenters. The van der Waals surface area contributed by atoms with Crippen LogP contribution in [0.2, 0.25) is 0 Å². The normalized spacial score (nSPS) is 18.2. The van der Waals surface area contributed by atoms with Crippen LogP contribution in [-0.2, 0) is 9.84 Å². The fourth-order valence-electron chi connectivity index (χ4n) is 3.31. The Morgan fingerprint density at radius 2 is 2.07 bits per heavy atom. The van der Waals surface area contributed by atoms with Crippen molar-refractivity contribution in [1.29, 1.82) is 0 Å². The zero-order valence-corrected chi connectivity index (χ0v) is 16.0. The van der Waals surface area contributed by atoms with Gasteiger partial charge in [0.1, 0.15) is 17.5 Å². The van der Waals surface area contributed by atoms with Crippen LogP contribution in [0.25, 0.3) is 0 Å². The number of hydrogen-bond acceptors (Lipinski definition) is 7. The van der Waals surface area contributed by atoms with Gasteiger partial charge >= 0.3 is 5.97 Å². The Bertz CT molecular complexity index is 962. The highest BCUT2D eigenvalue weighted by molar-refractivity contribution is 7.91. The molecule has 27 heavy (non-hydrogen) atoms. The molecule has 144 valence electrons. The monoisotopic (exact) mass is 390 g/mol. The molecule has 3 rings (SSSR count). The molecule has 0 aliphatic carbocycles. The van der Waals surface area contributed by atoms with Crippen molar-refractivity contribution in [1.82, 2.24) is 9.97 Å². The number of benzene rings is 1. The summed E-state index contributed by atoms with van der Waals surface area (Å²) in [5, 5.41) is 12.4. The van der Waals surface area contributed by atoms with Gasteiger partial charge < -0.3 is 15.3 Å². The van der Waals surface area contributed by atoms with E-state index in [1.165, 1.54) is 6.07 Å². The molecule has 9 heteroatoms. The lowest BCUT2D eigenvalue weighted by Crippen LogP contribution is -2.37. The Hall–Kier alpha value is -2.68. The fraction of sp³-hybridized carbons (Fsp3) is 0.389. The number of nitrogens with one attached hydrogen (secondary N) is 1. The van der Waals surface area contributed by atoms with Crippen molar-refractivity contribution in [3.8, 4) is 0 Å². The third-order valence-corrected chi connectivity index (χ3v) is 6.28. The minimum absolute atomic E-state index is 0.117. The van der Waals surface area contributed by atoms with Crippen LogP contribution in [0.15, 0.2) is 30.3 Å². The van der Waals surface area contributed by atoms with Crippen molar-refractivity contribution in [2.24, 2.45) is 0 Å². The number of para-hydroxylation sites is 1. The van der Waals surface area contributed by atoms with Gasteiger partial charge in [-0.3, -0.25) is 0 Å². The van der Waals surface area contributed by atoms with Gasteiger partial charge in [-0.15, -0.1) is 0 Å². The van der Waals surface area contributed by atoms with Crippen molar-refractivity contribution in [2.75, 3.05) is 28.3 Å². The Balaban J connectivity index is 1.91. The lowest BCUT2D eigenvalue weighted by Gasteiger charge is -2.28. The topological polar surface area (TPSA) is 112 Å². The largest absolute Gasteiger partial charge is 0.478 e. The molecule has 0 spiro atoms. The van der Waals surface area contributed by atoms with Crippen molar-refractivity contribution < 1.29 is 18.3 Å². The number of carboxylic acid groups (broad SMARTS) is 1. The second-order valence-corrected chi connectivity index (χ2v) is 8.71. The van der Waals surface area contributed by atoms with Gasteiger partial charge in [-0.1, -0.05) is 12.1 Å². The summed E-state index contributed by atoms with van der Waals surface area (Å²) in [7, 11) is -3.01. The number of nitrogens with zero attached hydrogens (tertiary/aromatic N) is 3. The molecule has 1 aliphatic rings. The van der Waals surface area contributed by atoms with Crippen LogP contribution < -0.4 is 10.2 Å². The summed E-state index contributed by atoms with van der Waals surface area (Å²) in [4.78, 5) is 22.2. The number of hydrogen-bond donors (Lipinski definition) is 2. The van der Waals surface area contributed by atoms with Crippen molar-refractivity contribution in [2.45, 2.75) is 26.3 Å². The Morgan fingerprint density at radius 3 is 2.70 bits per heavy atom. The quantitative estimate of drug-likeness (QED) is 0.772. The number of aromatic nitrogens is 2. The Labute approximate surface area is 158 Å². The summed E-state index contributed by atoms with van der Waals surface area (Å²) in [5.74, 6) is 0.884. The molecule has 2 N–H and O–H groups in total. The molecule has 0 radical (unpaired) electrons. The van der Waals surface area contributed by atoms with E-state index in [2.05, 4.69) is 15.3 Å². The summed E-state index contributed by atoms with van der Waals surface area (Å²) >= 11 is 0. The first-order valence-corrected chi connectivity index (χ1v) is 10.5. The van der Waals surface area contributed by atoms with E-state index in [1.807, 2.05) is 11.8 Å². The summed E-state index contributed by atoms with van der Waals surface area (Å²) in [6, 6.07) is 8.19. The van der Waals surface area contributed by atoms with Crippen LogP contribution >= 0.6 is 0 Å². The predicted octanol–water partition coefficient (Wildman–Crippen LogP) is 2.24. The van der Waals surface area contributed by atoms with Crippen LogP contribution in [0.1, 0.15) is 29.5 Å². The zero-order valence-electron chi connectivity index (χ0n) is 15.2. The zero-order chi connectivity index (χ0) is 19.6. The fourth-order valence-corrected chi connectivity index (χ4v) is 5.04. The van der Waals surface area contributed by atoms with Crippen LogP contribution in [0.4, 0.5) is 17.3 Å². The molecular weight excluding hydrogens is 368 g/mol. The molecule has 0 amide bonds. The average Bonchev–Trinajstić information content (AvgIpc) is 2.95. The number of anilines is 3. The molecule has 1 aromatic carbocycles. The van der Waals surface area contributed by atoms with E-state index in [-0.39, 0.29) is 23.1 Å². The van der Waals surface area contributed by atoms with Gasteiger partial charge in [0.2, 0.25) is 0 Å². The van der Waals surface area contributed by atoms with E-state index >= 15 is 0 Å². The highest BCUT2D eigenvalue weighted by atomic mass is 32.2. The standard InChI is InChI=1S/C18H22N4O4S/c1-3-22(13-8-9-27(25,26)11-13)17-10-16(19-12(2)20-17)21-15-7-5-4-6-14(15)18(23)24/h4-7,10,13H,3,8-9,11H2,1-2H3,(H,23,24)(H,19,20,21). The van der Waals surface area contributed by atoms with Gasteiger partial charge in [0, 0.05) is 18.7 Å². The molecule has 0 saturated carbocycles. The predicted molar refractivity (Wildman–Crippen MR) is 104 cm³/mol. The van der Waals surface area contributed by atoms with Gasteiger partial charge in [0.25, 0.3) is 0 Å². The van der Waals surface area contributed by atoms with Crippen LogP contribution in [0.5, 0.6) is 0 Å². The molecule has 1 aliphatic heterocycles. The smallest absolute Gasteiger partial charge is 0.337 e. The molecule has 2 aromatic rings. The number of rotatable bonds is 6. The van der Waals surface area contributed by atoms with Gasteiger partial charge in [-0.25, -0.2) is 23.2 Å². The molecule has 2 heterocycles. The first-order chi connectivity index (χ1) is 12.8. The summed E-state index contributed by atoms with van der Waals surface area (Å²) in [6.07, 6.45) is 0.573. The molecule has 8 nitrogen and oxygen atoms in total. The van der Waals surface area contributed by atoms with Crippen molar-refractivity contribution in [3.05, 3.63) is 41.7 Å². The first kappa shape index (κ1) is 19.1. The maximum absolute atomic E-state index is 11.8. The molecule has 1 saturated heterocycles. The molecule has 0 bridgehead atoms. The summed E-state index contributed by atoms with van der Waals surface area (Å²) < 4.78 is 23.7. The molecule has 1 aromatic heterocycles. The SMILES string of the molecule is CCN(c1cc(Nc2ccccc2C(=O)O)nc(C)n1)C1CCS(=O)(=O)C1. The van der Waals surface area contributed by atoms with E-state index in [1.54, 1.807) is 31.2 Å². The average molecular weight is 390 g/mol. The number of carboxylic acids is 1. The van der Waals surface area contributed by atoms with Crippen molar-refractivity contribution in [3.63, 3.8) is 0 Å². The van der Waals surface area contributed by atoms with E-state index in [9.17, 15) is 18.3 Å². The van der Waals surface area contributed by atoms with E-state index < -0.39 is 15.8 Å². The molecule has 1 unspecified atom stereocenters. The lowest BCUT2D eigenvalue weighted by atomic mass is 10.2. The maximum atomic E-state index is 11.8. The van der Waals surface area contributed by atoms with Gasteiger partial charge in [0.15, 0.2) is 9.84 Å². The van der Waals surface area contributed by atoms with Crippen LogP contribution in [0.3, 0.4) is 0 Å². The summed E-state index contributed by atoms with van der Waals surface area (Å²) in [6.45, 7) is 4.31. The van der Waals surface area contributed by atoms with Gasteiger partial charge in [-0.2, -0.15) is 0 Å². The first-order valence-electron chi connectivity index (χ1n) is 8.71.